The van der Waals surface area contributed by atoms with Crippen molar-refractivity contribution < 1.29 is 9.59 Å². The van der Waals surface area contributed by atoms with E-state index in [1.807, 2.05) is 42.5 Å². The van der Waals surface area contributed by atoms with Crippen LogP contribution in [0, 0.1) is 5.92 Å². The number of likely N-dealkylation sites (tertiary alicyclic amines) is 1. The Kier molecular flexibility index (Phi) is 5.89. The first kappa shape index (κ1) is 20.7. The summed E-state index contributed by atoms with van der Waals surface area (Å²) >= 11 is 0. The molecule has 1 aliphatic heterocycles. The van der Waals surface area contributed by atoms with Crippen molar-refractivity contribution in [2.75, 3.05) is 11.9 Å². The fourth-order valence-corrected chi connectivity index (χ4v) is 5.22. The molecule has 1 aliphatic carbocycles. The van der Waals surface area contributed by atoms with Gasteiger partial charge in [0.25, 0.3) is 0 Å². The summed E-state index contributed by atoms with van der Waals surface area (Å²) in [5.41, 5.74) is 2.95. The number of nitrogens with one attached hydrogen (secondary N) is 1. The lowest BCUT2D eigenvalue weighted by Crippen LogP contribution is -2.43. The van der Waals surface area contributed by atoms with Gasteiger partial charge in [0.15, 0.2) is 0 Å². The molecule has 1 N–H and O–H groups in total. The van der Waals surface area contributed by atoms with Gasteiger partial charge < -0.3 is 10.2 Å². The Labute approximate surface area is 188 Å². The molecule has 1 saturated heterocycles. The Hall–Kier alpha value is -3.21. The molecule has 2 amide bonds. The molecule has 1 saturated carbocycles. The third-order valence-electron chi connectivity index (χ3n) is 6.87. The van der Waals surface area contributed by atoms with Gasteiger partial charge in [0, 0.05) is 18.4 Å². The number of hydrogen-bond donors (Lipinski definition) is 1. The van der Waals surface area contributed by atoms with Crippen molar-refractivity contribution in [3.05, 3.63) is 60.7 Å². The van der Waals surface area contributed by atoms with Crippen molar-refractivity contribution in [2.24, 2.45) is 5.92 Å². The zero-order valence-corrected chi connectivity index (χ0v) is 18.3. The number of benzene rings is 2. The van der Waals surface area contributed by atoms with Crippen molar-refractivity contribution in [2.45, 2.75) is 51.0 Å². The van der Waals surface area contributed by atoms with Crippen LogP contribution in [-0.2, 0) is 9.59 Å². The number of nitrogens with zero attached hydrogens (tertiary/aromatic N) is 2. The van der Waals surface area contributed by atoms with Crippen LogP contribution in [0.4, 0.5) is 5.82 Å². The maximum Gasteiger partial charge on any atom is 0.248 e. The molecule has 0 radical (unpaired) electrons. The minimum absolute atomic E-state index is 0.131. The summed E-state index contributed by atoms with van der Waals surface area (Å²) in [6.45, 7) is 0.671. The summed E-state index contributed by atoms with van der Waals surface area (Å²) in [7, 11) is 0. The molecule has 2 aliphatic rings. The lowest BCUT2D eigenvalue weighted by atomic mass is 10.0. The number of hydrogen-bond acceptors (Lipinski definition) is 3. The Morgan fingerprint density at radius 2 is 1.69 bits per heavy atom. The van der Waals surface area contributed by atoms with Crippen LogP contribution in [0.2, 0.25) is 0 Å². The molecule has 32 heavy (non-hydrogen) atoms. The number of carbonyl (C=O) groups is 2. The normalized spacial score (nSPS) is 18.9. The van der Waals surface area contributed by atoms with Gasteiger partial charge in [-0.1, -0.05) is 61.4 Å². The summed E-state index contributed by atoms with van der Waals surface area (Å²) in [6, 6.07) is 19.6. The van der Waals surface area contributed by atoms with E-state index in [0.717, 1.165) is 41.3 Å². The van der Waals surface area contributed by atoms with Gasteiger partial charge >= 0.3 is 0 Å². The molecule has 1 atom stereocenters. The Bertz CT molecular complexity index is 1120. The molecule has 5 heteroatoms. The van der Waals surface area contributed by atoms with E-state index in [4.69, 9.17) is 4.98 Å². The van der Waals surface area contributed by atoms with Gasteiger partial charge in [-0.2, -0.15) is 0 Å². The van der Waals surface area contributed by atoms with Crippen LogP contribution in [0.1, 0.15) is 44.9 Å². The van der Waals surface area contributed by atoms with Crippen LogP contribution in [0.5, 0.6) is 0 Å². The van der Waals surface area contributed by atoms with Gasteiger partial charge in [-0.25, -0.2) is 4.98 Å². The van der Waals surface area contributed by atoms with E-state index in [0.29, 0.717) is 31.1 Å². The molecule has 2 heterocycles. The van der Waals surface area contributed by atoms with Crippen molar-refractivity contribution in [1.82, 2.24) is 9.88 Å². The monoisotopic (exact) mass is 427 g/mol. The molecule has 5 nitrogen and oxygen atoms in total. The van der Waals surface area contributed by atoms with Gasteiger partial charge in [-0.3, -0.25) is 9.59 Å². The summed E-state index contributed by atoms with van der Waals surface area (Å²) in [5.74, 6) is 1.01. The highest BCUT2D eigenvalue weighted by Gasteiger charge is 2.35. The van der Waals surface area contributed by atoms with E-state index in [1.54, 1.807) is 4.90 Å². The highest BCUT2D eigenvalue weighted by Crippen LogP contribution is 2.32. The molecule has 0 bridgehead atoms. The van der Waals surface area contributed by atoms with Gasteiger partial charge in [-0.15, -0.1) is 0 Å². The van der Waals surface area contributed by atoms with Crippen LogP contribution in [0.3, 0.4) is 0 Å². The predicted octanol–water partition coefficient (Wildman–Crippen LogP) is 5.41. The second-order valence-corrected chi connectivity index (χ2v) is 9.03. The van der Waals surface area contributed by atoms with E-state index < -0.39 is 6.04 Å². The molecule has 2 aromatic carbocycles. The van der Waals surface area contributed by atoms with Crippen LogP contribution in [0.15, 0.2) is 60.7 Å². The smallest absolute Gasteiger partial charge is 0.248 e. The number of aromatic nitrogens is 1. The fraction of sp³-hybridized carbons (Fsp3) is 0.370. The number of anilines is 1. The number of fused-ring (bicyclic) bond motifs is 1. The topological polar surface area (TPSA) is 62.3 Å². The zero-order valence-electron chi connectivity index (χ0n) is 18.3. The first-order chi connectivity index (χ1) is 15.7. The van der Waals surface area contributed by atoms with Crippen molar-refractivity contribution >= 4 is 28.5 Å². The van der Waals surface area contributed by atoms with Gasteiger partial charge in [0.2, 0.25) is 11.8 Å². The maximum atomic E-state index is 13.2. The minimum atomic E-state index is -0.405. The minimum Gasteiger partial charge on any atom is -0.331 e. The first-order valence-corrected chi connectivity index (χ1v) is 11.7. The largest absolute Gasteiger partial charge is 0.331 e. The third kappa shape index (κ3) is 4.24. The van der Waals surface area contributed by atoms with Crippen LogP contribution in [-0.4, -0.2) is 34.3 Å². The van der Waals surface area contributed by atoms with Crippen molar-refractivity contribution in [3.8, 4) is 11.1 Å². The van der Waals surface area contributed by atoms with E-state index in [9.17, 15) is 9.59 Å². The average Bonchev–Trinajstić information content (AvgIpc) is 3.51. The summed E-state index contributed by atoms with van der Waals surface area (Å²) in [4.78, 5) is 32.6. The van der Waals surface area contributed by atoms with E-state index in [1.165, 1.54) is 12.8 Å². The second kappa shape index (κ2) is 9.11. The number of carbonyl (C=O) groups excluding carboxylic acids is 2. The number of pyridine rings is 1. The summed E-state index contributed by atoms with van der Waals surface area (Å²) in [5, 5.41) is 4.07. The standard InChI is InChI=1S/C27H29N3O2/c31-26(17-19-9-4-5-10-19)30-16-8-15-24(30)27(32)29-25-18-22(20-11-2-1-3-12-20)21-13-6-7-14-23(21)28-25/h1-3,6-7,11-14,18-19,24H,4-5,8-10,15-17H2,(H,28,29,32)/t24-/m1/s1. The predicted molar refractivity (Wildman–Crippen MR) is 127 cm³/mol. The molecule has 0 spiro atoms. The van der Waals surface area contributed by atoms with Gasteiger partial charge in [0.1, 0.15) is 11.9 Å². The van der Waals surface area contributed by atoms with Crippen LogP contribution in [0.25, 0.3) is 22.0 Å². The number of rotatable bonds is 5. The Balaban J connectivity index is 1.38. The fourth-order valence-electron chi connectivity index (χ4n) is 5.22. The van der Waals surface area contributed by atoms with E-state index >= 15 is 0 Å². The van der Waals surface area contributed by atoms with Crippen molar-refractivity contribution in [1.29, 1.82) is 0 Å². The van der Waals surface area contributed by atoms with Crippen LogP contribution >= 0.6 is 0 Å². The lowest BCUT2D eigenvalue weighted by molar-refractivity contribution is -0.137. The molecule has 3 aromatic rings. The second-order valence-electron chi connectivity index (χ2n) is 9.03. The number of para-hydroxylation sites is 1. The quantitative estimate of drug-likeness (QED) is 0.592. The van der Waals surface area contributed by atoms with Gasteiger partial charge in [-0.05, 0) is 54.9 Å². The summed E-state index contributed by atoms with van der Waals surface area (Å²) in [6.07, 6.45) is 6.88. The van der Waals surface area contributed by atoms with Crippen molar-refractivity contribution in [3.63, 3.8) is 0 Å². The number of amides is 2. The molecule has 0 unspecified atom stereocenters. The molecule has 164 valence electrons. The zero-order chi connectivity index (χ0) is 21.9. The SMILES string of the molecule is O=C(Nc1cc(-c2ccccc2)c2ccccc2n1)[C@H]1CCCN1C(=O)CC1CCCC1. The Morgan fingerprint density at radius 1 is 0.938 bits per heavy atom. The highest BCUT2D eigenvalue weighted by molar-refractivity contribution is 6.01. The molecule has 5 rings (SSSR count). The lowest BCUT2D eigenvalue weighted by Gasteiger charge is -2.25. The summed E-state index contributed by atoms with van der Waals surface area (Å²) < 4.78 is 0. The molecular formula is C27H29N3O2. The third-order valence-corrected chi connectivity index (χ3v) is 6.87. The average molecular weight is 428 g/mol. The molecular weight excluding hydrogens is 398 g/mol. The van der Waals surface area contributed by atoms with Gasteiger partial charge in [0.05, 0.1) is 5.52 Å². The maximum absolute atomic E-state index is 13.2. The van der Waals surface area contributed by atoms with E-state index in [-0.39, 0.29) is 11.8 Å². The first-order valence-electron chi connectivity index (χ1n) is 11.7. The molecule has 1 aromatic heterocycles. The highest BCUT2D eigenvalue weighted by atomic mass is 16.2. The molecule has 2 fully saturated rings. The Morgan fingerprint density at radius 3 is 2.50 bits per heavy atom. The van der Waals surface area contributed by atoms with Crippen LogP contribution < -0.4 is 5.32 Å². The van der Waals surface area contributed by atoms with E-state index in [2.05, 4.69) is 23.5 Å².